The van der Waals surface area contributed by atoms with Crippen molar-refractivity contribution >= 4 is 17.2 Å². The van der Waals surface area contributed by atoms with E-state index in [1.807, 2.05) is 0 Å². The number of aromatic nitrogens is 2. The van der Waals surface area contributed by atoms with E-state index >= 15 is 0 Å². The average Bonchev–Trinajstić information content (AvgIpc) is 2.40. The van der Waals surface area contributed by atoms with Crippen molar-refractivity contribution in [1.82, 2.24) is 9.97 Å². The molecule has 0 spiro atoms. The van der Waals surface area contributed by atoms with Crippen molar-refractivity contribution in [3.05, 3.63) is 46.9 Å². The number of halogens is 3. The van der Waals surface area contributed by atoms with E-state index in [0.717, 1.165) is 24.7 Å². The monoisotopic (exact) mass is 300 g/mol. The van der Waals surface area contributed by atoms with E-state index in [1.54, 1.807) is 0 Å². The van der Waals surface area contributed by atoms with Gasteiger partial charge in [0.05, 0.1) is 4.92 Å². The molecule has 0 saturated carbocycles. The Hall–Kier alpha value is -2.91. The molecule has 0 atom stereocenters. The highest BCUT2D eigenvalue weighted by Gasteiger charge is 2.30. The molecule has 1 heterocycles. The summed E-state index contributed by atoms with van der Waals surface area (Å²) in [5.74, 6) is -0.468. The molecule has 1 N–H and O–H groups in total. The number of rotatable bonds is 4. The van der Waals surface area contributed by atoms with E-state index in [-0.39, 0.29) is 11.5 Å². The van der Waals surface area contributed by atoms with E-state index in [2.05, 4.69) is 20.0 Å². The number of nitrogens with one attached hydrogen (secondary N) is 1. The fourth-order valence-electron chi connectivity index (χ4n) is 1.43. The van der Waals surface area contributed by atoms with Gasteiger partial charge >= 0.3 is 12.0 Å². The number of benzene rings is 1. The first-order valence-corrected chi connectivity index (χ1v) is 5.42. The van der Waals surface area contributed by atoms with Crippen molar-refractivity contribution < 1.29 is 22.8 Å². The van der Waals surface area contributed by atoms with Crippen molar-refractivity contribution in [2.75, 3.05) is 5.32 Å². The number of alkyl halides is 3. The van der Waals surface area contributed by atoms with Gasteiger partial charge in [-0.1, -0.05) is 0 Å². The summed E-state index contributed by atoms with van der Waals surface area (Å²) >= 11 is 0. The highest BCUT2D eigenvalue weighted by molar-refractivity contribution is 5.64. The molecule has 2 rings (SSSR count). The summed E-state index contributed by atoms with van der Waals surface area (Å²) in [6.45, 7) is 0. The third-order valence-corrected chi connectivity index (χ3v) is 2.24. The molecule has 0 unspecified atom stereocenters. The Kier molecular flexibility index (Phi) is 3.87. The number of ether oxygens (including phenoxy) is 1. The highest BCUT2D eigenvalue weighted by Crippen LogP contribution is 2.27. The Labute approximate surface area is 115 Å². The number of hydrogen-bond donors (Lipinski definition) is 1. The zero-order chi connectivity index (χ0) is 15.5. The van der Waals surface area contributed by atoms with Crippen LogP contribution in [0.1, 0.15) is 0 Å². The molecule has 0 aliphatic rings. The number of hydrogen-bond acceptors (Lipinski definition) is 6. The summed E-state index contributed by atoms with van der Waals surface area (Å²) < 4.78 is 39.7. The summed E-state index contributed by atoms with van der Waals surface area (Å²) in [7, 11) is 0. The van der Waals surface area contributed by atoms with Crippen LogP contribution in [0.25, 0.3) is 0 Å². The van der Waals surface area contributed by atoms with Gasteiger partial charge in [0.1, 0.15) is 18.3 Å². The average molecular weight is 300 g/mol. The molecule has 0 bridgehead atoms. The number of nitrogens with zero attached hydrogens (tertiary/aromatic N) is 3. The van der Waals surface area contributed by atoms with E-state index in [0.29, 0.717) is 5.69 Å². The second kappa shape index (κ2) is 5.61. The lowest BCUT2D eigenvalue weighted by molar-refractivity contribution is -0.384. The van der Waals surface area contributed by atoms with Crippen LogP contribution in [0.2, 0.25) is 0 Å². The third kappa shape index (κ3) is 4.03. The Bertz CT molecular complexity index is 646. The molecule has 1 aromatic heterocycles. The van der Waals surface area contributed by atoms with E-state index in [4.69, 9.17) is 0 Å². The molecule has 21 heavy (non-hydrogen) atoms. The fraction of sp³-hybridized carbons (Fsp3) is 0.0909. The first kappa shape index (κ1) is 14.5. The summed E-state index contributed by atoms with van der Waals surface area (Å²) in [6.07, 6.45) is -2.66. The van der Waals surface area contributed by atoms with Crippen molar-refractivity contribution in [2.24, 2.45) is 0 Å². The molecular formula is C11H7F3N4O3. The Balaban J connectivity index is 2.16. The van der Waals surface area contributed by atoms with Gasteiger partial charge in [0.2, 0.25) is 5.82 Å². The maximum Gasteiger partial charge on any atom is 0.573 e. The molecule has 0 aliphatic carbocycles. The number of anilines is 2. The SMILES string of the molecule is O=[N+]([O-])c1cncnc1Nc1ccc(OC(F)(F)F)cc1. The van der Waals surface area contributed by atoms with Gasteiger partial charge in [-0.15, -0.1) is 13.2 Å². The molecule has 2 aromatic rings. The van der Waals surface area contributed by atoms with E-state index < -0.39 is 17.0 Å². The minimum Gasteiger partial charge on any atom is -0.406 e. The summed E-state index contributed by atoms with van der Waals surface area (Å²) in [5.41, 5.74) is -0.0422. The topological polar surface area (TPSA) is 90.2 Å². The Morgan fingerprint density at radius 1 is 1.24 bits per heavy atom. The lowest BCUT2D eigenvalue weighted by Crippen LogP contribution is -2.17. The maximum atomic E-state index is 12.0. The molecule has 0 saturated heterocycles. The van der Waals surface area contributed by atoms with Crippen molar-refractivity contribution in [3.8, 4) is 5.75 Å². The first-order chi connectivity index (χ1) is 9.85. The van der Waals surface area contributed by atoms with Gasteiger partial charge in [-0.3, -0.25) is 10.1 Å². The summed E-state index contributed by atoms with van der Waals surface area (Å²) in [6, 6.07) is 4.69. The highest BCUT2D eigenvalue weighted by atomic mass is 19.4. The van der Waals surface area contributed by atoms with Crippen molar-refractivity contribution in [1.29, 1.82) is 0 Å². The maximum absolute atomic E-state index is 12.0. The van der Waals surface area contributed by atoms with Crippen molar-refractivity contribution in [2.45, 2.75) is 6.36 Å². The van der Waals surface area contributed by atoms with Gasteiger partial charge in [-0.05, 0) is 24.3 Å². The summed E-state index contributed by atoms with van der Waals surface area (Å²) in [5, 5.41) is 13.4. The van der Waals surface area contributed by atoms with Gasteiger partial charge in [0, 0.05) is 5.69 Å². The normalized spacial score (nSPS) is 11.0. The van der Waals surface area contributed by atoms with E-state index in [1.165, 1.54) is 12.1 Å². The lowest BCUT2D eigenvalue weighted by atomic mass is 10.3. The zero-order valence-corrected chi connectivity index (χ0v) is 10.2. The largest absolute Gasteiger partial charge is 0.573 e. The number of nitro groups is 1. The Morgan fingerprint density at radius 3 is 2.48 bits per heavy atom. The van der Waals surface area contributed by atoms with Crippen LogP contribution in [0.15, 0.2) is 36.8 Å². The molecular weight excluding hydrogens is 293 g/mol. The van der Waals surface area contributed by atoms with Gasteiger partial charge < -0.3 is 10.1 Å². The van der Waals surface area contributed by atoms with Crippen LogP contribution in [-0.2, 0) is 0 Å². The van der Waals surface area contributed by atoms with Gasteiger partial charge in [0.15, 0.2) is 0 Å². The van der Waals surface area contributed by atoms with Crippen LogP contribution in [0.4, 0.5) is 30.4 Å². The fourth-order valence-corrected chi connectivity index (χ4v) is 1.43. The molecule has 0 radical (unpaired) electrons. The quantitative estimate of drug-likeness (QED) is 0.689. The van der Waals surface area contributed by atoms with Gasteiger partial charge in [-0.2, -0.15) is 0 Å². The zero-order valence-electron chi connectivity index (χ0n) is 10.2. The van der Waals surface area contributed by atoms with E-state index in [9.17, 15) is 23.3 Å². The van der Waals surface area contributed by atoms with Crippen LogP contribution in [-0.4, -0.2) is 21.3 Å². The molecule has 110 valence electrons. The predicted octanol–water partition coefficient (Wildman–Crippen LogP) is 3.03. The molecule has 0 amide bonds. The second-order valence-electron chi connectivity index (χ2n) is 3.71. The van der Waals surface area contributed by atoms with Crippen LogP contribution in [0, 0.1) is 10.1 Å². The Morgan fingerprint density at radius 2 is 1.90 bits per heavy atom. The van der Waals surface area contributed by atoms with Crippen LogP contribution >= 0.6 is 0 Å². The molecule has 1 aromatic carbocycles. The molecule has 10 heteroatoms. The predicted molar refractivity (Wildman–Crippen MR) is 65.1 cm³/mol. The minimum atomic E-state index is -4.78. The molecule has 0 fully saturated rings. The van der Waals surface area contributed by atoms with Gasteiger partial charge in [0.25, 0.3) is 0 Å². The van der Waals surface area contributed by atoms with Crippen LogP contribution in [0.5, 0.6) is 5.75 Å². The summed E-state index contributed by atoms with van der Waals surface area (Å²) in [4.78, 5) is 17.3. The third-order valence-electron chi connectivity index (χ3n) is 2.24. The van der Waals surface area contributed by atoms with Crippen LogP contribution < -0.4 is 10.1 Å². The first-order valence-electron chi connectivity index (χ1n) is 5.42. The van der Waals surface area contributed by atoms with Crippen molar-refractivity contribution in [3.63, 3.8) is 0 Å². The van der Waals surface area contributed by atoms with Crippen LogP contribution in [0.3, 0.4) is 0 Å². The minimum absolute atomic E-state index is 0.0699. The standard InChI is InChI=1S/C11H7F3N4O3/c12-11(13,14)21-8-3-1-7(2-4-8)17-10-9(18(19)20)5-15-6-16-10/h1-6H,(H,15,16,17). The van der Waals surface area contributed by atoms with Gasteiger partial charge in [-0.25, -0.2) is 9.97 Å². The molecule has 0 aliphatic heterocycles. The second-order valence-corrected chi connectivity index (χ2v) is 3.71. The molecule has 7 nitrogen and oxygen atoms in total. The lowest BCUT2D eigenvalue weighted by Gasteiger charge is -2.10. The smallest absolute Gasteiger partial charge is 0.406 e.